The van der Waals surface area contributed by atoms with Gasteiger partial charge in [-0.1, -0.05) is 0 Å². The molecule has 1 atom stereocenters. The molecule has 7 nitrogen and oxygen atoms in total. The second kappa shape index (κ2) is 5.84. The van der Waals surface area contributed by atoms with Gasteiger partial charge in [-0.05, 0) is 12.3 Å². The van der Waals surface area contributed by atoms with Crippen molar-refractivity contribution in [3.8, 4) is 5.75 Å². The summed E-state index contributed by atoms with van der Waals surface area (Å²) in [6.45, 7) is 0.289. The first kappa shape index (κ1) is 15.5. The van der Waals surface area contributed by atoms with Crippen molar-refractivity contribution in [1.29, 1.82) is 0 Å². The number of rotatable bonds is 5. The maximum absolute atomic E-state index is 13.8. The fraction of sp³-hybridized carbons (Fsp3) is 0.500. The van der Waals surface area contributed by atoms with E-state index in [2.05, 4.69) is 5.32 Å². The third-order valence-electron chi connectivity index (χ3n) is 3.37. The Bertz CT molecular complexity index is 662. The van der Waals surface area contributed by atoms with E-state index in [9.17, 15) is 22.9 Å². The van der Waals surface area contributed by atoms with Gasteiger partial charge in [0.1, 0.15) is 0 Å². The zero-order chi connectivity index (χ0) is 15.6. The predicted octanol–water partition coefficient (Wildman–Crippen LogP) is 1.59. The second-order valence-electron chi connectivity index (χ2n) is 4.91. The van der Waals surface area contributed by atoms with Gasteiger partial charge >= 0.3 is 5.69 Å². The van der Waals surface area contributed by atoms with Crippen LogP contribution in [0.5, 0.6) is 5.75 Å². The standard InChI is InChI=1S/C12H15FN2O5S/c1-20-12-5-10(9(13)4-11(12)15(16)17)14-6-8-2-3-21(18,19)7-8/h4-5,8,14H,2-3,6-7H2,1H3. The number of nitro groups is 1. The van der Waals surface area contributed by atoms with Gasteiger partial charge in [-0.2, -0.15) is 0 Å². The van der Waals surface area contributed by atoms with Crippen LogP contribution >= 0.6 is 0 Å². The van der Waals surface area contributed by atoms with Crippen LogP contribution in [-0.2, 0) is 9.84 Å². The molecular weight excluding hydrogens is 303 g/mol. The maximum Gasteiger partial charge on any atom is 0.313 e. The Morgan fingerprint density at radius 3 is 2.76 bits per heavy atom. The van der Waals surface area contributed by atoms with Crippen molar-refractivity contribution in [2.75, 3.05) is 30.5 Å². The number of benzene rings is 1. The zero-order valence-corrected chi connectivity index (χ0v) is 12.2. The molecule has 9 heteroatoms. The van der Waals surface area contributed by atoms with Gasteiger partial charge in [-0.15, -0.1) is 0 Å². The van der Waals surface area contributed by atoms with Crippen molar-refractivity contribution in [3.63, 3.8) is 0 Å². The van der Waals surface area contributed by atoms with Crippen molar-refractivity contribution in [2.45, 2.75) is 6.42 Å². The normalized spacial score (nSPS) is 20.2. The molecule has 0 saturated carbocycles. The van der Waals surface area contributed by atoms with Crippen molar-refractivity contribution >= 4 is 21.2 Å². The average Bonchev–Trinajstić information content (AvgIpc) is 2.76. The maximum atomic E-state index is 13.8. The first-order valence-corrected chi connectivity index (χ1v) is 8.11. The van der Waals surface area contributed by atoms with Crippen LogP contribution < -0.4 is 10.1 Å². The highest BCUT2D eigenvalue weighted by Gasteiger charge is 2.28. The topological polar surface area (TPSA) is 98.5 Å². The van der Waals surface area contributed by atoms with E-state index in [0.717, 1.165) is 6.07 Å². The molecule has 116 valence electrons. The molecule has 1 unspecified atom stereocenters. The van der Waals surface area contributed by atoms with Crippen molar-refractivity contribution in [1.82, 2.24) is 0 Å². The summed E-state index contributed by atoms with van der Waals surface area (Å²) in [6.07, 6.45) is 0.529. The minimum absolute atomic E-state index is 0.0528. The molecule has 1 heterocycles. The Kier molecular flexibility index (Phi) is 4.31. The summed E-state index contributed by atoms with van der Waals surface area (Å²) < 4.78 is 41.4. The summed E-state index contributed by atoms with van der Waals surface area (Å²) in [7, 11) is -1.73. The number of nitrogens with zero attached hydrogens (tertiary/aromatic N) is 1. The first-order chi connectivity index (χ1) is 9.82. The number of halogens is 1. The first-order valence-electron chi connectivity index (χ1n) is 6.28. The van der Waals surface area contributed by atoms with E-state index in [-0.39, 0.29) is 35.4 Å². The Balaban J connectivity index is 2.12. The van der Waals surface area contributed by atoms with Crippen LogP contribution in [0.2, 0.25) is 0 Å². The van der Waals surface area contributed by atoms with E-state index in [1.165, 1.54) is 13.2 Å². The van der Waals surface area contributed by atoms with Crippen molar-refractivity contribution < 1.29 is 22.5 Å². The highest BCUT2D eigenvalue weighted by Crippen LogP contribution is 2.32. The van der Waals surface area contributed by atoms with Crippen LogP contribution in [0.4, 0.5) is 15.8 Å². The average molecular weight is 318 g/mol. The Hall–Kier alpha value is -1.90. The van der Waals surface area contributed by atoms with Crippen LogP contribution in [0.1, 0.15) is 6.42 Å². The predicted molar refractivity (Wildman–Crippen MR) is 74.9 cm³/mol. The molecule has 0 aromatic heterocycles. The Morgan fingerprint density at radius 2 is 2.24 bits per heavy atom. The quantitative estimate of drug-likeness (QED) is 0.654. The van der Waals surface area contributed by atoms with E-state index in [0.29, 0.717) is 6.42 Å². The van der Waals surface area contributed by atoms with Gasteiger partial charge in [0.15, 0.2) is 21.4 Å². The molecular formula is C12H15FN2O5S. The minimum Gasteiger partial charge on any atom is -0.490 e. The molecule has 0 amide bonds. The van der Waals surface area contributed by atoms with E-state index >= 15 is 0 Å². The number of nitro benzene ring substituents is 1. The molecule has 2 rings (SSSR count). The second-order valence-corrected chi connectivity index (χ2v) is 7.14. The van der Waals surface area contributed by atoms with E-state index < -0.39 is 26.3 Å². The van der Waals surface area contributed by atoms with Gasteiger partial charge in [0.05, 0.1) is 35.3 Å². The number of hydrogen-bond acceptors (Lipinski definition) is 6. The number of anilines is 1. The molecule has 1 N–H and O–H groups in total. The molecule has 1 aromatic carbocycles. The van der Waals surface area contributed by atoms with Crippen molar-refractivity contribution in [3.05, 3.63) is 28.1 Å². The fourth-order valence-electron chi connectivity index (χ4n) is 2.27. The SMILES string of the molecule is COc1cc(NCC2CCS(=O)(=O)C2)c(F)cc1[N+](=O)[O-]. The van der Waals surface area contributed by atoms with Crippen LogP contribution in [0.25, 0.3) is 0 Å². The molecule has 0 aliphatic carbocycles. The third kappa shape index (κ3) is 3.60. The van der Waals surface area contributed by atoms with Gasteiger partial charge in [-0.25, -0.2) is 12.8 Å². The number of ether oxygens (including phenoxy) is 1. The molecule has 0 spiro atoms. The molecule has 1 saturated heterocycles. The van der Waals surface area contributed by atoms with Gasteiger partial charge < -0.3 is 10.1 Å². The minimum atomic E-state index is -2.99. The van der Waals surface area contributed by atoms with Crippen LogP contribution in [0, 0.1) is 21.8 Å². The van der Waals surface area contributed by atoms with E-state index in [1.54, 1.807) is 0 Å². The lowest BCUT2D eigenvalue weighted by atomic mass is 10.1. The summed E-state index contributed by atoms with van der Waals surface area (Å²) in [6, 6.07) is 1.99. The lowest BCUT2D eigenvalue weighted by Gasteiger charge is -2.12. The molecule has 0 radical (unpaired) electrons. The Morgan fingerprint density at radius 1 is 1.52 bits per heavy atom. The fourth-order valence-corrected chi connectivity index (χ4v) is 4.13. The lowest BCUT2D eigenvalue weighted by molar-refractivity contribution is -0.385. The monoisotopic (exact) mass is 318 g/mol. The highest BCUT2D eigenvalue weighted by atomic mass is 32.2. The molecule has 21 heavy (non-hydrogen) atoms. The molecule has 1 fully saturated rings. The largest absolute Gasteiger partial charge is 0.490 e. The smallest absolute Gasteiger partial charge is 0.313 e. The van der Waals surface area contributed by atoms with E-state index in [4.69, 9.17) is 4.74 Å². The number of nitrogens with one attached hydrogen (secondary N) is 1. The van der Waals surface area contributed by atoms with Gasteiger partial charge in [0.25, 0.3) is 0 Å². The summed E-state index contributed by atoms with van der Waals surface area (Å²) in [4.78, 5) is 10.0. The zero-order valence-electron chi connectivity index (χ0n) is 11.3. The highest BCUT2D eigenvalue weighted by molar-refractivity contribution is 7.91. The van der Waals surface area contributed by atoms with E-state index in [1.807, 2.05) is 0 Å². The Labute approximate surface area is 121 Å². The van der Waals surface area contributed by atoms with Crippen LogP contribution in [0.3, 0.4) is 0 Å². The number of methoxy groups -OCH3 is 1. The van der Waals surface area contributed by atoms with Gasteiger partial charge in [-0.3, -0.25) is 10.1 Å². The number of sulfone groups is 1. The van der Waals surface area contributed by atoms with Crippen LogP contribution in [0.15, 0.2) is 12.1 Å². The lowest BCUT2D eigenvalue weighted by Crippen LogP contribution is -2.16. The third-order valence-corrected chi connectivity index (χ3v) is 5.21. The van der Waals surface area contributed by atoms with Gasteiger partial charge in [0, 0.05) is 12.6 Å². The molecule has 1 aromatic rings. The summed E-state index contributed by atoms with van der Waals surface area (Å²) in [5.41, 5.74) is -0.397. The molecule has 1 aliphatic rings. The summed E-state index contributed by atoms with van der Waals surface area (Å²) in [5.74, 6) is -0.696. The summed E-state index contributed by atoms with van der Waals surface area (Å²) >= 11 is 0. The molecule has 0 bridgehead atoms. The number of hydrogen-bond donors (Lipinski definition) is 1. The van der Waals surface area contributed by atoms with Crippen LogP contribution in [-0.4, -0.2) is 38.5 Å². The molecule has 1 aliphatic heterocycles. The summed E-state index contributed by atoms with van der Waals surface area (Å²) in [5, 5.41) is 13.5. The van der Waals surface area contributed by atoms with Gasteiger partial charge in [0.2, 0.25) is 0 Å². The van der Waals surface area contributed by atoms with Crippen molar-refractivity contribution in [2.24, 2.45) is 5.92 Å².